The summed E-state index contributed by atoms with van der Waals surface area (Å²) in [6.45, 7) is 1.91. The molecule has 0 radical (unpaired) electrons. The number of fused-ring (bicyclic) bond motifs is 1. The van der Waals surface area contributed by atoms with Gasteiger partial charge in [-0.05, 0) is 85.6 Å². The predicted octanol–water partition coefficient (Wildman–Crippen LogP) is 4.82. The first-order valence-corrected chi connectivity index (χ1v) is 15.2. The molecule has 0 unspecified atom stereocenters. The number of aliphatic hydroxyl groups excluding tert-OH is 2. The molecular formula is C34H42N2O7. The van der Waals surface area contributed by atoms with Crippen molar-refractivity contribution in [2.75, 3.05) is 13.2 Å². The Balaban J connectivity index is 1.55. The van der Waals surface area contributed by atoms with Gasteiger partial charge in [-0.2, -0.15) is 0 Å². The Kier molecular flexibility index (Phi) is 11.3. The molecule has 230 valence electrons. The van der Waals surface area contributed by atoms with Crippen molar-refractivity contribution in [1.82, 2.24) is 9.88 Å². The fourth-order valence-corrected chi connectivity index (χ4v) is 6.60. The van der Waals surface area contributed by atoms with Gasteiger partial charge in [0, 0.05) is 25.1 Å². The molecular weight excluding hydrogens is 548 g/mol. The number of allylic oxidation sites excluding steroid dienone is 2. The summed E-state index contributed by atoms with van der Waals surface area (Å²) in [6, 6.07) is 12.5. The molecule has 1 aliphatic carbocycles. The molecule has 1 saturated heterocycles. The monoisotopic (exact) mass is 590 g/mol. The van der Waals surface area contributed by atoms with Crippen molar-refractivity contribution in [2.24, 2.45) is 17.8 Å². The van der Waals surface area contributed by atoms with Crippen molar-refractivity contribution in [3.05, 3.63) is 71.1 Å². The zero-order valence-electron chi connectivity index (χ0n) is 24.7. The maximum atomic E-state index is 13.6. The maximum absolute atomic E-state index is 13.6. The van der Waals surface area contributed by atoms with Gasteiger partial charge in [-0.15, -0.1) is 0 Å². The lowest BCUT2D eigenvalue weighted by molar-refractivity contribution is -0.141. The van der Waals surface area contributed by atoms with Crippen LogP contribution in [-0.2, 0) is 14.4 Å². The van der Waals surface area contributed by atoms with Gasteiger partial charge in [-0.1, -0.05) is 43.5 Å². The van der Waals surface area contributed by atoms with Crippen LogP contribution in [0.2, 0.25) is 0 Å². The maximum Gasteiger partial charge on any atom is 0.303 e. The highest BCUT2D eigenvalue weighted by molar-refractivity contribution is 6.05. The number of imide groups is 1. The third-order valence-electron chi connectivity index (χ3n) is 8.55. The van der Waals surface area contributed by atoms with Crippen LogP contribution >= 0.6 is 0 Å². The minimum absolute atomic E-state index is 0.0519. The van der Waals surface area contributed by atoms with Crippen molar-refractivity contribution in [3.63, 3.8) is 0 Å². The van der Waals surface area contributed by atoms with Gasteiger partial charge in [0.05, 0.1) is 30.2 Å². The first kappa shape index (κ1) is 32.1. The molecule has 9 heteroatoms. The smallest absolute Gasteiger partial charge is 0.303 e. The van der Waals surface area contributed by atoms with Crippen molar-refractivity contribution in [3.8, 4) is 5.75 Å². The van der Waals surface area contributed by atoms with E-state index in [9.17, 15) is 29.7 Å². The van der Waals surface area contributed by atoms with Gasteiger partial charge in [0.25, 0.3) is 0 Å². The van der Waals surface area contributed by atoms with Crippen molar-refractivity contribution in [2.45, 2.75) is 70.8 Å². The quantitative estimate of drug-likeness (QED) is 0.131. The molecule has 1 aliphatic heterocycles. The Morgan fingerprint density at radius 1 is 1.09 bits per heavy atom. The molecule has 2 aromatic rings. The van der Waals surface area contributed by atoms with Crippen LogP contribution < -0.4 is 0 Å². The number of hydrogen-bond acceptors (Lipinski definition) is 7. The number of rotatable bonds is 15. The van der Waals surface area contributed by atoms with Gasteiger partial charge >= 0.3 is 5.97 Å². The molecule has 0 saturated carbocycles. The summed E-state index contributed by atoms with van der Waals surface area (Å²) < 4.78 is 0. The summed E-state index contributed by atoms with van der Waals surface area (Å²) in [6.07, 6.45) is 7.00. The van der Waals surface area contributed by atoms with Crippen LogP contribution in [0.1, 0.15) is 76.0 Å². The minimum Gasteiger partial charge on any atom is -0.508 e. The molecule has 1 fully saturated rings. The fourth-order valence-electron chi connectivity index (χ4n) is 6.60. The molecule has 1 aromatic carbocycles. The number of amides is 2. The Morgan fingerprint density at radius 2 is 1.91 bits per heavy atom. The zero-order chi connectivity index (χ0) is 30.9. The molecule has 2 heterocycles. The van der Waals surface area contributed by atoms with Gasteiger partial charge in [0.1, 0.15) is 5.75 Å². The minimum atomic E-state index is -0.927. The van der Waals surface area contributed by atoms with Crippen molar-refractivity contribution in [1.29, 1.82) is 0 Å². The number of nitrogens with zero attached hydrogens (tertiary/aromatic N) is 2. The molecule has 2 amide bonds. The summed E-state index contributed by atoms with van der Waals surface area (Å²) >= 11 is 0. The van der Waals surface area contributed by atoms with Gasteiger partial charge in [0.15, 0.2) is 0 Å². The van der Waals surface area contributed by atoms with Crippen molar-refractivity contribution >= 4 is 29.4 Å². The number of carboxylic acids is 1. The van der Waals surface area contributed by atoms with Crippen LogP contribution in [0.5, 0.6) is 5.75 Å². The second-order valence-corrected chi connectivity index (χ2v) is 11.5. The molecule has 4 N–H and O–H groups in total. The summed E-state index contributed by atoms with van der Waals surface area (Å²) in [5.41, 5.74) is 4.04. The Hall–Kier alpha value is -3.82. The van der Waals surface area contributed by atoms with Gasteiger partial charge in [0.2, 0.25) is 11.8 Å². The number of carboxylic acid groups (broad SMARTS) is 1. The Morgan fingerprint density at radius 3 is 2.58 bits per heavy atom. The number of carbonyl (C=O) groups excluding carboxylic acids is 2. The first-order valence-electron chi connectivity index (χ1n) is 15.2. The van der Waals surface area contributed by atoms with E-state index in [2.05, 4.69) is 4.98 Å². The number of aliphatic carboxylic acids is 1. The van der Waals surface area contributed by atoms with Crippen LogP contribution in [0, 0.1) is 17.8 Å². The van der Waals surface area contributed by atoms with E-state index in [1.54, 1.807) is 24.4 Å². The number of aromatic nitrogens is 1. The third kappa shape index (κ3) is 7.77. The number of phenolic OH excluding ortho intramolecular Hbond substituents is 1. The number of unbranched alkanes of at least 4 members (excludes halogenated alkanes) is 2. The summed E-state index contributed by atoms with van der Waals surface area (Å²) in [7, 11) is 0. The molecule has 4 atom stereocenters. The number of aromatic hydroxyl groups is 1. The van der Waals surface area contributed by atoms with Gasteiger partial charge in [-0.3, -0.25) is 24.3 Å². The largest absolute Gasteiger partial charge is 0.508 e. The number of carbonyl (C=O) groups is 3. The van der Waals surface area contributed by atoms with E-state index in [1.807, 2.05) is 37.3 Å². The Bertz CT molecular complexity index is 1350. The third-order valence-corrected chi connectivity index (χ3v) is 8.55. The fraction of sp³-hybridized carbons (Fsp3) is 0.471. The van der Waals surface area contributed by atoms with E-state index in [-0.39, 0.29) is 37.1 Å². The van der Waals surface area contributed by atoms with Crippen LogP contribution in [0.4, 0.5) is 0 Å². The van der Waals surface area contributed by atoms with Crippen LogP contribution in [0.3, 0.4) is 0 Å². The molecule has 4 rings (SSSR count). The van der Waals surface area contributed by atoms with Crippen LogP contribution in [-0.4, -0.2) is 67.3 Å². The van der Waals surface area contributed by atoms with Crippen molar-refractivity contribution < 1.29 is 34.8 Å². The lowest BCUT2D eigenvalue weighted by Crippen LogP contribution is -2.39. The van der Waals surface area contributed by atoms with E-state index in [0.717, 1.165) is 28.8 Å². The summed E-state index contributed by atoms with van der Waals surface area (Å²) in [5, 5.41) is 41.0. The summed E-state index contributed by atoms with van der Waals surface area (Å²) in [5.74, 6) is -3.21. The lowest BCUT2D eigenvalue weighted by atomic mass is 9.67. The number of phenols is 1. The van der Waals surface area contributed by atoms with E-state index in [4.69, 9.17) is 5.11 Å². The molecule has 0 bridgehead atoms. The number of hydrogen-bond donors (Lipinski definition) is 4. The topological polar surface area (TPSA) is 148 Å². The SMILES string of the molecule is CCCC1=C([C@H](O)CC/C(=C/c2cccc(O)c2)c2ccccn2)[C@H](CO)[C@@H]2C(=O)N(CCCCCC(=O)O)C(=O)[C@@H]2C1. The second kappa shape index (κ2) is 15.1. The molecule has 2 aliphatic rings. The number of likely N-dealkylation sites (tertiary alicyclic amines) is 1. The molecule has 43 heavy (non-hydrogen) atoms. The van der Waals surface area contributed by atoms with Gasteiger partial charge < -0.3 is 20.4 Å². The number of benzene rings is 1. The zero-order valence-corrected chi connectivity index (χ0v) is 24.7. The van der Waals surface area contributed by atoms with E-state index in [0.29, 0.717) is 50.5 Å². The van der Waals surface area contributed by atoms with E-state index >= 15 is 0 Å². The Labute approximate surface area is 252 Å². The van der Waals surface area contributed by atoms with E-state index in [1.165, 1.54) is 4.90 Å². The highest BCUT2D eigenvalue weighted by Crippen LogP contribution is 2.47. The standard InChI is InChI=1S/C34H42N2O7/c1-2-9-24-20-26-32(34(43)36(33(26)42)17-7-3-4-13-30(40)41)27(21-37)31(24)29(39)15-14-23(28-12-5-6-16-35-28)18-22-10-8-11-25(38)19-22/h5-6,8,10-12,16,18-19,26-27,29,32,37-39H,2-4,7,9,13-15,17,20-21H2,1H3,(H,40,41)/b23-18-/t26-,27+,29-,32-/m1/s1. The highest BCUT2D eigenvalue weighted by atomic mass is 16.4. The number of aliphatic hydroxyl groups is 2. The van der Waals surface area contributed by atoms with Gasteiger partial charge in [-0.25, -0.2) is 0 Å². The summed E-state index contributed by atoms with van der Waals surface area (Å²) in [4.78, 5) is 43.5. The molecule has 1 aromatic heterocycles. The van der Waals surface area contributed by atoms with Crippen LogP contribution in [0.25, 0.3) is 11.6 Å². The second-order valence-electron chi connectivity index (χ2n) is 11.5. The molecule has 9 nitrogen and oxygen atoms in total. The average Bonchev–Trinajstić information content (AvgIpc) is 3.23. The van der Waals surface area contributed by atoms with Crippen LogP contribution in [0.15, 0.2) is 59.8 Å². The average molecular weight is 591 g/mol. The number of pyridine rings is 1. The molecule has 0 spiro atoms. The normalized spacial score (nSPS) is 21.3. The van der Waals surface area contributed by atoms with E-state index < -0.39 is 29.8 Å². The first-order chi connectivity index (χ1) is 20.7. The predicted molar refractivity (Wildman–Crippen MR) is 162 cm³/mol. The highest BCUT2D eigenvalue weighted by Gasteiger charge is 2.54. The lowest BCUT2D eigenvalue weighted by Gasteiger charge is -2.36.